The molecule has 1 saturated heterocycles. The number of anilines is 2. The fourth-order valence-electron chi connectivity index (χ4n) is 2.36. The van der Waals surface area contributed by atoms with Crippen LogP contribution in [-0.4, -0.2) is 37.2 Å². The number of nitrogens with zero attached hydrogens (tertiary/aromatic N) is 1. The number of carbonyl (C=O) groups excluding carboxylic acids is 3. The zero-order valence-electron chi connectivity index (χ0n) is 10.2. The van der Waals surface area contributed by atoms with E-state index < -0.39 is 11.7 Å². The van der Waals surface area contributed by atoms with Crippen LogP contribution < -0.4 is 15.5 Å². The van der Waals surface area contributed by atoms with Crippen LogP contribution in [0.1, 0.15) is 16.8 Å². The van der Waals surface area contributed by atoms with Crippen molar-refractivity contribution in [2.45, 2.75) is 6.42 Å². The molecule has 0 bridgehead atoms. The van der Waals surface area contributed by atoms with Crippen LogP contribution in [0.4, 0.5) is 11.4 Å². The van der Waals surface area contributed by atoms with Crippen molar-refractivity contribution in [2.24, 2.45) is 0 Å². The minimum absolute atomic E-state index is 0.0483. The first-order valence-corrected chi connectivity index (χ1v) is 6.16. The lowest BCUT2D eigenvalue weighted by Crippen LogP contribution is -2.28. The Bertz CT molecular complexity index is 582. The molecule has 0 aromatic heterocycles. The van der Waals surface area contributed by atoms with Crippen molar-refractivity contribution < 1.29 is 14.4 Å². The van der Waals surface area contributed by atoms with Gasteiger partial charge in [0, 0.05) is 31.7 Å². The third kappa shape index (κ3) is 2.05. The second-order valence-electron chi connectivity index (χ2n) is 4.60. The average molecular weight is 259 g/mol. The van der Waals surface area contributed by atoms with Gasteiger partial charge in [-0.3, -0.25) is 14.4 Å². The maximum absolute atomic E-state index is 11.5. The molecule has 0 saturated carbocycles. The number of rotatable bonds is 1. The molecule has 2 heterocycles. The van der Waals surface area contributed by atoms with Gasteiger partial charge in [-0.1, -0.05) is 0 Å². The van der Waals surface area contributed by atoms with Crippen LogP contribution in [0.15, 0.2) is 18.2 Å². The van der Waals surface area contributed by atoms with Crippen molar-refractivity contribution in [3.8, 4) is 0 Å². The first-order valence-electron chi connectivity index (χ1n) is 6.16. The van der Waals surface area contributed by atoms with E-state index in [1.165, 1.54) is 0 Å². The van der Waals surface area contributed by atoms with Crippen LogP contribution in [0.5, 0.6) is 0 Å². The van der Waals surface area contributed by atoms with Gasteiger partial charge in [-0.2, -0.15) is 0 Å². The minimum atomic E-state index is -0.583. The number of nitrogens with one attached hydrogen (secondary N) is 2. The summed E-state index contributed by atoms with van der Waals surface area (Å²) in [6.07, 6.45) is 0.447. The summed E-state index contributed by atoms with van der Waals surface area (Å²) >= 11 is 0. The molecule has 2 amide bonds. The molecule has 1 aromatic rings. The maximum atomic E-state index is 11.5. The Hall–Kier alpha value is -2.37. The number of benzene rings is 1. The Labute approximate surface area is 109 Å². The highest BCUT2D eigenvalue weighted by atomic mass is 16.2. The number of fused-ring (bicyclic) bond motifs is 1. The molecular weight excluding hydrogens is 246 g/mol. The monoisotopic (exact) mass is 259 g/mol. The lowest BCUT2D eigenvalue weighted by molar-refractivity contribution is -0.120. The molecule has 98 valence electrons. The van der Waals surface area contributed by atoms with Crippen LogP contribution in [-0.2, 0) is 9.59 Å². The van der Waals surface area contributed by atoms with E-state index in [9.17, 15) is 14.4 Å². The van der Waals surface area contributed by atoms with Gasteiger partial charge in [0.15, 0.2) is 0 Å². The van der Waals surface area contributed by atoms with Crippen LogP contribution in [0, 0.1) is 0 Å². The van der Waals surface area contributed by atoms with Crippen molar-refractivity contribution in [3.63, 3.8) is 0 Å². The number of amides is 2. The average Bonchev–Trinajstić information content (AvgIpc) is 2.57. The fraction of sp³-hybridized carbons (Fsp3) is 0.308. The molecule has 0 atom stereocenters. The molecule has 0 aliphatic carbocycles. The van der Waals surface area contributed by atoms with E-state index in [1.54, 1.807) is 12.1 Å². The van der Waals surface area contributed by atoms with Gasteiger partial charge in [0.2, 0.25) is 5.91 Å². The molecule has 1 fully saturated rings. The minimum Gasteiger partial charge on any atom is -0.369 e. The second kappa shape index (κ2) is 4.38. The highest BCUT2D eigenvalue weighted by Crippen LogP contribution is 2.28. The van der Waals surface area contributed by atoms with Gasteiger partial charge in [-0.15, -0.1) is 0 Å². The van der Waals surface area contributed by atoms with Crippen molar-refractivity contribution in [3.05, 3.63) is 23.8 Å². The van der Waals surface area contributed by atoms with E-state index in [1.807, 2.05) is 6.07 Å². The summed E-state index contributed by atoms with van der Waals surface area (Å²) in [5.41, 5.74) is 1.87. The number of carbonyl (C=O) groups is 3. The van der Waals surface area contributed by atoms with E-state index >= 15 is 0 Å². The topological polar surface area (TPSA) is 78.5 Å². The molecule has 0 unspecified atom stereocenters. The van der Waals surface area contributed by atoms with Gasteiger partial charge in [0.25, 0.3) is 11.7 Å². The summed E-state index contributed by atoms with van der Waals surface area (Å²) < 4.78 is 0. The third-order valence-electron chi connectivity index (χ3n) is 3.38. The normalized spacial score (nSPS) is 18.7. The molecule has 6 heteroatoms. The summed E-state index contributed by atoms with van der Waals surface area (Å²) in [4.78, 5) is 36.1. The number of Topliss-reactive ketones (excluding diaryl/α,β-unsaturated/α-hetero) is 1. The van der Waals surface area contributed by atoms with Gasteiger partial charge in [0.1, 0.15) is 0 Å². The van der Waals surface area contributed by atoms with Gasteiger partial charge >= 0.3 is 0 Å². The SMILES string of the molecule is O=C1CCN(c2ccc3c(c2)NC(=O)C3=O)CCN1. The molecule has 0 radical (unpaired) electrons. The third-order valence-corrected chi connectivity index (χ3v) is 3.38. The van der Waals surface area contributed by atoms with Crippen LogP contribution in [0.25, 0.3) is 0 Å². The Morgan fingerprint density at radius 3 is 2.79 bits per heavy atom. The van der Waals surface area contributed by atoms with Crippen LogP contribution >= 0.6 is 0 Å². The summed E-state index contributed by atoms with van der Waals surface area (Å²) in [7, 11) is 0. The Kier molecular flexibility index (Phi) is 2.70. The predicted molar refractivity (Wildman–Crippen MR) is 69.2 cm³/mol. The van der Waals surface area contributed by atoms with E-state index in [0.717, 1.165) is 5.69 Å². The molecule has 2 N–H and O–H groups in total. The quantitative estimate of drug-likeness (QED) is 0.704. The van der Waals surface area contributed by atoms with Crippen LogP contribution in [0.2, 0.25) is 0 Å². The summed E-state index contributed by atoms with van der Waals surface area (Å²) in [6.45, 7) is 1.94. The van der Waals surface area contributed by atoms with Gasteiger partial charge in [-0.25, -0.2) is 0 Å². The number of hydrogen-bond donors (Lipinski definition) is 2. The summed E-state index contributed by atoms with van der Waals surface area (Å²) in [5.74, 6) is -1.03. The molecule has 0 spiro atoms. The smallest absolute Gasteiger partial charge is 0.296 e. The van der Waals surface area contributed by atoms with E-state index in [2.05, 4.69) is 15.5 Å². The van der Waals surface area contributed by atoms with Crippen LogP contribution in [0.3, 0.4) is 0 Å². The second-order valence-corrected chi connectivity index (χ2v) is 4.60. The van der Waals surface area contributed by atoms with E-state index in [-0.39, 0.29) is 5.91 Å². The van der Waals surface area contributed by atoms with Crippen molar-refractivity contribution in [1.29, 1.82) is 0 Å². The lowest BCUT2D eigenvalue weighted by Gasteiger charge is -2.22. The van der Waals surface area contributed by atoms with Crippen molar-refractivity contribution >= 4 is 29.0 Å². The standard InChI is InChI=1S/C13H13N3O3/c17-11-3-5-16(6-4-14-11)8-1-2-9-10(7-8)15-13(19)12(9)18/h1-2,7H,3-6H2,(H,14,17)(H,15,18,19). The largest absolute Gasteiger partial charge is 0.369 e. The maximum Gasteiger partial charge on any atom is 0.296 e. The lowest BCUT2D eigenvalue weighted by atomic mass is 10.1. The van der Waals surface area contributed by atoms with Gasteiger partial charge < -0.3 is 15.5 Å². The Balaban J connectivity index is 1.87. The molecule has 19 heavy (non-hydrogen) atoms. The number of hydrogen-bond acceptors (Lipinski definition) is 4. The first-order chi connectivity index (χ1) is 9.15. The van der Waals surface area contributed by atoms with Gasteiger partial charge in [0.05, 0.1) is 11.3 Å². The Morgan fingerprint density at radius 1 is 1.11 bits per heavy atom. The molecule has 6 nitrogen and oxygen atoms in total. The zero-order valence-corrected chi connectivity index (χ0v) is 10.2. The molecule has 2 aliphatic rings. The summed E-state index contributed by atoms with van der Waals surface area (Å²) in [5, 5.41) is 5.36. The van der Waals surface area contributed by atoms with Crippen molar-refractivity contribution in [1.82, 2.24) is 5.32 Å². The highest BCUT2D eigenvalue weighted by Gasteiger charge is 2.28. The highest BCUT2D eigenvalue weighted by molar-refractivity contribution is 6.51. The molecule has 3 rings (SSSR count). The molecule has 2 aliphatic heterocycles. The molecular formula is C13H13N3O3. The zero-order chi connectivity index (χ0) is 13.4. The van der Waals surface area contributed by atoms with Crippen molar-refractivity contribution in [2.75, 3.05) is 29.9 Å². The predicted octanol–water partition coefficient (Wildman–Crippen LogP) is 0.148. The first kappa shape index (κ1) is 11.7. The molecule has 1 aromatic carbocycles. The van der Waals surface area contributed by atoms with E-state index in [4.69, 9.17) is 0 Å². The number of ketones is 1. The Morgan fingerprint density at radius 2 is 1.95 bits per heavy atom. The van der Waals surface area contributed by atoms with E-state index in [0.29, 0.717) is 37.3 Å². The van der Waals surface area contributed by atoms with Gasteiger partial charge in [-0.05, 0) is 18.2 Å². The summed E-state index contributed by atoms with van der Waals surface area (Å²) in [6, 6.07) is 5.26. The fourth-order valence-corrected chi connectivity index (χ4v) is 2.36.